The van der Waals surface area contributed by atoms with Crippen LogP contribution < -0.4 is 0 Å². The van der Waals surface area contributed by atoms with Crippen LogP contribution in [0.1, 0.15) is 37.3 Å². The predicted octanol–water partition coefficient (Wildman–Crippen LogP) is 2.82. The number of halogens is 2. The van der Waals surface area contributed by atoms with Crippen molar-refractivity contribution in [3.63, 3.8) is 0 Å². The Bertz CT molecular complexity index is 552. The van der Waals surface area contributed by atoms with Gasteiger partial charge in [-0.1, -0.05) is 6.07 Å². The average molecular weight is 252 g/mol. The quantitative estimate of drug-likeness (QED) is 0.912. The number of hydrogen-bond donors (Lipinski definition) is 1. The minimum absolute atomic E-state index is 0.0406. The van der Waals surface area contributed by atoms with Gasteiger partial charge >= 0.3 is 0 Å². The molecule has 0 saturated heterocycles. The van der Waals surface area contributed by atoms with Crippen molar-refractivity contribution in [1.82, 2.24) is 9.78 Å². The van der Waals surface area contributed by atoms with Crippen LogP contribution in [-0.4, -0.2) is 14.9 Å². The largest absolute Gasteiger partial charge is 0.382 e. The molecular formula is C13H14F2N2O. The monoisotopic (exact) mass is 252 g/mol. The Morgan fingerprint density at radius 3 is 2.56 bits per heavy atom. The van der Waals surface area contributed by atoms with Crippen molar-refractivity contribution in [3.8, 4) is 0 Å². The summed E-state index contributed by atoms with van der Waals surface area (Å²) < 4.78 is 28.0. The fourth-order valence-corrected chi connectivity index (χ4v) is 1.86. The van der Waals surface area contributed by atoms with Crippen LogP contribution in [0.15, 0.2) is 30.5 Å². The van der Waals surface area contributed by atoms with Crippen molar-refractivity contribution in [2.75, 3.05) is 0 Å². The third-order valence-electron chi connectivity index (χ3n) is 2.73. The van der Waals surface area contributed by atoms with Crippen molar-refractivity contribution >= 4 is 0 Å². The molecule has 96 valence electrons. The Morgan fingerprint density at radius 2 is 1.94 bits per heavy atom. The molecule has 1 atom stereocenters. The van der Waals surface area contributed by atoms with Gasteiger partial charge in [0.25, 0.3) is 0 Å². The fraction of sp³-hybridized carbons (Fsp3) is 0.308. The first kappa shape index (κ1) is 12.7. The van der Waals surface area contributed by atoms with Gasteiger partial charge in [-0.15, -0.1) is 0 Å². The Hall–Kier alpha value is -1.75. The maximum absolute atomic E-state index is 13.6. The second-order valence-corrected chi connectivity index (χ2v) is 4.36. The van der Waals surface area contributed by atoms with Gasteiger partial charge < -0.3 is 5.11 Å². The molecule has 0 fully saturated rings. The van der Waals surface area contributed by atoms with Gasteiger partial charge in [0, 0.05) is 23.9 Å². The third-order valence-corrected chi connectivity index (χ3v) is 2.73. The fourth-order valence-electron chi connectivity index (χ4n) is 1.86. The number of rotatable bonds is 3. The van der Waals surface area contributed by atoms with Crippen molar-refractivity contribution in [2.45, 2.75) is 26.0 Å². The molecule has 5 heteroatoms. The van der Waals surface area contributed by atoms with Crippen molar-refractivity contribution in [3.05, 3.63) is 53.4 Å². The molecule has 0 amide bonds. The maximum atomic E-state index is 13.6. The molecule has 2 rings (SSSR count). The van der Waals surface area contributed by atoms with E-state index in [-0.39, 0.29) is 11.6 Å². The molecule has 0 aliphatic heterocycles. The normalized spacial score (nSPS) is 13.0. The van der Waals surface area contributed by atoms with Gasteiger partial charge in [-0.05, 0) is 26.0 Å². The summed E-state index contributed by atoms with van der Waals surface area (Å²) in [4.78, 5) is 0. The van der Waals surface area contributed by atoms with E-state index >= 15 is 0 Å². The van der Waals surface area contributed by atoms with Crippen LogP contribution in [0.2, 0.25) is 0 Å². The van der Waals surface area contributed by atoms with Crippen LogP contribution in [0.5, 0.6) is 0 Å². The first-order chi connectivity index (χ1) is 8.50. The minimum Gasteiger partial charge on any atom is -0.382 e. The van der Waals surface area contributed by atoms with E-state index in [1.54, 1.807) is 16.9 Å². The summed E-state index contributed by atoms with van der Waals surface area (Å²) in [7, 11) is 0. The van der Waals surface area contributed by atoms with E-state index in [0.29, 0.717) is 5.69 Å². The highest BCUT2D eigenvalue weighted by Gasteiger charge is 2.20. The van der Waals surface area contributed by atoms with E-state index in [1.807, 2.05) is 13.8 Å². The number of aliphatic hydroxyl groups is 1. The minimum atomic E-state index is -1.16. The molecule has 0 aliphatic rings. The van der Waals surface area contributed by atoms with E-state index < -0.39 is 17.7 Å². The summed E-state index contributed by atoms with van der Waals surface area (Å²) in [5.74, 6) is -1.43. The first-order valence-electron chi connectivity index (χ1n) is 5.67. The van der Waals surface area contributed by atoms with Gasteiger partial charge in [-0.25, -0.2) is 8.78 Å². The zero-order valence-electron chi connectivity index (χ0n) is 10.1. The molecule has 1 heterocycles. The molecular weight excluding hydrogens is 238 g/mol. The number of hydrogen-bond acceptors (Lipinski definition) is 2. The van der Waals surface area contributed by atoms with Crippen LogP contribution in [0.3, 0.4) is 0 Å². The SMILES string of the molecule is CC(C)n1nccc1C(O)c1ccc(F)cc1F. The van der Waals surface area contributed by atoms with Crippen LogP contribution in [0.4, 0.5) is 8.78 Å². The summed E-state index contributed by atoms with van der Waals surface area (Å²) >= 11 is 0. The topological polar surface area (TPSA) is 38.0 Å². The molecule has 1 N–H and O–H groups in total. The second kappa shape index (κ2) is 4.86. The summed E-state index contributed by atoms with van der Waals surface area (Å²) in [6.45, 7) is 3.81. The smallest absolute Gasteiger partial charge is 0.132 e. The molecule has 1 aromatic heterocycles. The second-order valence-electron chi connectivity index (χ2n) is 4.36. The number of nitrogens with zero attached hydrogens (tertiary/aromatic N) is 2. The van der Waals surface area contributed by atoms with E-state index in [2.05, 4.69) is 5.10 Å². The highest BCUT2D eigenvalue weighted by atomic mass is 19.1. The van der Waals surface area contributed by atoms with Gasteiger partial charge in [0.15, 0.2) is 0 Å². The lowest BCUT2D eigenvalue weighted by atomic mass is 10.1. The van der Waals surface area contributed by atoms with Gasteiger partial charge in [-0.3, -0.25) is 4.68 Å². The van der Waals surface area contributed by atoms with Crippen LogP contribution in [-0.2, 0) is 0 Å². The molecule has 0 aliphatic carbocycles. The third kappa shape index (κ3) is 2.26. The Balaban J connectivity index is 2.41. The van der Waals surface area contributed by atoms with Crippen molar-refractivity contribution < 1.29 is 13.9 Å². The highest BCUT2D eigenvalue weighted by molar-refractivity contribution is 5.27. The molecule has 2 aromatic rings. The summed E-state index contributed by atoms with van der Waals surface area (Å²) in [5, 5.41) is 14.2. The molecule has 1 unspecified atom stereocenters. The number of benzene rings is 1. The van der Waals surface area contributed by atoms with Crippen LogP contribution >= 0.6 is 0 Å². The molecule has 0 saturated carbocycles. The van der Waals surface area contributed by atoms with Gasteiger partial charge in [0.2, 0.25) is 0 Å². The lowest BCUT2D eigenvalue weighted by Crippen LogP contribution is -2.13. The zero-order chi connectivity index (χ0) is 13.3. The number of aromatic nitrogens is 2. The summed E-state index contributed by atoms with van der Waals surface area (Å²) in [6, 6.07) is 4.79. The Morgan fingerprint density at radius 1 is 1.22 bits per heavy atom. The molecule has 0 spiro atoms. The first-order valence-corrected chi connectivity index (χ1v) is 5.67. The lowest BCUT2D eigenvalue weighted by Gasteiger charge is -2.16. The van der Waals surface area contributed by atoms with Gasteiger partial charge in [0.05, 0.1) is 5.69 Å². The molecule has 18 heavy (non-hydrogen) atoms. The molecule has 0 radical (unpaired) electrons. The van der Waals surface area contributed by atoms with E-state index in [1.165, 1.54) is 6.07 Å². The standard InChI is InChI=1S/C13H14F2N2O/c1-8(2)17-12(5-6-16-17)13(18)10-4-3-9(14)7-11(10)15/h3-8,13,18H,1-2H3. The molecule has 3 nitrogen and oxygen atoms in total. The Kier molecular flexibility index (Phi) is 3.43. The van der Waals surface area contributed by atoms with Crippen LogP contribution in [0, 0.1) is 11.6 Å². The van der Waals surface area contributed by atoms with E-state index in [0.717, 1.165) is 12.1 Å². The van der Waals surface area contributed by atoms with Gasteiger partial charge in [0.1, 0.15) is 17.7 Å². The Labute approximate surface area is 104 Å². The van der Waals surface area contributed by atoms with Crippen molar-refractivity contribution in [2.24, 2.45) is 0 Å². The lowest BCUT2D eigenvalue weighted by molar-refractivity contribution is 0.200. The van der Waals surface area contributed by atoms with Crippen LogP contribution in [0.25, 0.3) is 0 Å². The van der Waals surface area contributed by atoms with E-state index in [4.69, 9.17) is 0 Å². The predicted molar refractivity (Wildman–Crippen MR) is 63.0 cm³/mol. The molecule has 0 bridgehead atoms. The maximum Gasteiger partial charge on any atom is 0.132 e. The average Bonchev–Trinajstić information content (AvgIpc) is 2.77. The summed E-state index contributed by atoms with van der Waals surface area (Å²) in [6.07, 6.45) is 0.385. The molecule has 1 aromatic carbocycles. The van der Waals surface area contributed by atoms with E-state index in [9.17, 15) is 13.9 Å². The zero-order valence-corrected chi connectivity index (χ0v) is 10.1. The van der Waals surface area contributed by atoms with Crippen molar-refractivity contribution in [1.29, 1.82) is 0 Å². The highest BCUT2D eigenvalue weighted by Crippen LogP contribution is 2.26. The number of aliphatic hydroxyl groups excluding tert-OH is 1. The van der Waals surface area contributed by atoms with Gasteiger partial charge in [-0.2, -0.15) is 5.10 Å². The summed E-state index contributed by atoms with van der Waals surface area (Å²) in [5.41, 5.74) is 0.523.